The number of carbonyl (C=O) groups excluding carboxylic acids is 2. The van der Waals surface area contributed by atoms with Crippen LogP contribution in [0.4, 0.5) is 0 Å². The van der Waals surface area contributed by atoms with Crippen LogP contribution in [0.15, 0.2) is 18.2 Å². The Morgan fingerprint density at radius 1 is 1.09 bits per heavy atom. The number of ketones is 1. The predicted molar refractivity (Wildman–Crippen MR) is 168 cm³/mol. The summed E-state index contributed by atoms with van der Waals surface area (Å²) in [5, 5.41) is 56.8. The van der Waals surface area contributed by atoms with E-state index in [4.69, 9.17) is 19.9 Å². The van der Waals surface area contributed by atoms with Crippen molar-refractivity contribution in [3.63, 3.8) is 0 Å². The summed E-state index contributed by atoms with van der Waals surface area (Å²) in [6.07, 6.45) is -3.50. The fraction of sp³-hybridized carbons (Fsp3) is 0.667. The van der Waals surface area contributed by atoms with Crippen molar-refractivity contribution in [2.45, 2.75) is 110 Å². The molecule has 258 valence electrons. The van der Waals surface area contributed by atoms with E-state index in [1.165, 1.54) is 0 Å². The van der Waals surface area contributed by atoms with Gasteiger partial charge in [-0.2, -0.15) is 0 Å². The summed E-state index contributed by atoms with van der Waals surface area (Å²) >= 11 is 0. The van der Waals surface area contributed by atoms with Crippen LogP contribution in [-0.2, 0) is 20.7 Å². The number of aryl methyl sites for hydroxylation is 1. The Morgan fingerprint density at radius 2 is 1.80 bits per heavy atom. The molecule has 1 saturated heterocycles. The molecule has 1 aliphatic rings. The second-order valence-electron chi connectivity index (χ2n) is 13.1. The number of nitrogens with one attached hydrogen (secondary N) is 1. The smallest absolute Gasteiger partial charge is 0.238 e. The van der Waals surface area contributed by atoms with Crippen molar-refractivity contribution < 1.29 is 49.3 Å². The van der Waals surface area contributed by atoms with Crippen LogP contribution in [0, 0.1) is 18.3 Å². The lowest BCUT2D eigenvalue weighted by atomic mass is 9.79. The molecular weight excluding hydrogens is 598 g/mol. The number of aromatic nitrogens is 2. The highest BCUT2D eigenvalue weighted by Crippen LogP contribution is 2.33. The van der Waals surface area contributed by atoms with Crippen LogP contribution in [0.1, 0.15) is 88.1 Å². The summed E-state index contributed by atoms with van der Waals surface area (Å²) in [4.78, 5) is 24.0. The Balaban J connectivity index is 1.56. The number of ether oxygens (including phenoxy) is 3. The van der Waals surface area contributed by atoms with Gasteiger partial charge >= 0.3 is 0 Å². The van der Waals surface area contributed by atoms with E-state index in [1.54, 1.807) is 0 Å². The monoisotopic (exact) mass is 649 g/mol. The van der Waals surface area contributed by atoms with Crippen molar-refractivity contribution in [2.24, 2.45) is 17.1 Å². The van der Waals surface area contributed by atoms with Crippen molar-refractivity contribution >= 4 is 11.7 Å². The highest BCUT2D eigenvalue weighted by molar-refractivity contribution is 5.89. The van der Waals surface area contributed by atoms with Gasteiger partial charge < -0.3 is 45.5 Å². The lowest BCUT2D eigenvalue weighted by Crippen LogP contribution is -2.60. The van der Waals surface area contributed by atoms with E-state index in [9.17, 15) is 35.1 Å². The highest BCUT2D eigenvalue weighted by Gasteiger charge is 2.45. The predicted octanol–water partition coefficient (Wildman–Crippen LogP) is 1.63. The van der Waals surface area contributed by atoms with Crippen LogP contribution in [-0.4, -0.2) is 97.9 Å². The molecule has 1 aromatic carbocycles. The minimum atomic E-state index is -1.56. The number of carbonyl (C=O) groups is 2. The molecule has 1 aromatic heterocycles. The molecule has 3 rings (SSSR count). The second-order valence-corrected chi connectivity index (χ2v) is 13.1. The summed E-state index contributed by atoms with van der Waals surface area (Å²) in [5.74, 6) is -0.598. The molecule has 0 saturated carbocycles. The van der Waals surface area contributed by atoms with E-state index in [1.807, 2.05) is 52.8 Å². The Bertz CT molecular complexity index is 1290. The first kappa shape index (κ1) is 37.4. The van der Waals surface area contributed by atoms with Crippen LogP contribution in [0.25, 0.3) is 0 Å². The molecule has 0 radical (unpaired) electrons. The number of hydrogen-bond donors (Lipinski definition) is 7. The molecule has 13 nitrogen and oxygen atoms in total. The van der Waals surface area contributed by atoms with Crippen LogP contribution in [0.5, 0.6) is 11.6 Å². The fourth-order valence-corrected chi connectivity index (χ4v) is 5.46. The van der Waals surface area contributed by atoms with Gasteiger partial charge in [-0.05, 0) is 48.9 Å². The van der Waals surface area contributed by atoms with Gasteiger partial charge in [-0.15, -0.1) is 5.10 Å². The van der Waals surface area contributed by atoms with Crippen molar-refractivity contribution in [2.75, 3.05) is 19.8 Å². The number of aromatic amines is 1. The largest absolute Gasteiger partial charge is 0.494 e. The third-order valence-electron chi connectivity index (χ3n) is 8.72. The van der Waals surface area contributed by atoms with Crippen LogP contribution in [0.2, 0.25) is 0 Å². The maximum atomic E-state index is 12.6. The van der Waals surface area contributed by atoms with E-state index in [0.717, 1.165) is 47.4 Å². The zero-order valence-corrected chi connectivity index (χ0v) is 27.4. The molecule has 0 spiro atoms. The minimum absolute atomic E-state index is 0.0523. The molecule has 0 unspecified atom stereocenters. The van der Waals surface area contributed by atoms with E-state index >= 15 is 0 Å². The van der Waals surface area contributed by atoms with E-state index in [-0.39, 0.29) is 24.0 Å². The van der Waals surface area contributed by atoms with Crippen molar-refractivity contribution in [3.05, 3.63) is 40.6 Å². The van der Waals surface area contributed by atoms with Gasteiger partial charge in [0.05, 0.1) is 25.7 Å². The van der Waals surface area contributed by atoms with Gasteiger partial charge in [0.1, 0.15) is 35.9 Å². The van der Waals surface area contributed by atoms with E-state index in [2.05, 4.69) is 10.2 Å². The average Bonchev–Trinajstić information content (AvgIpc) is 3.40. The molecule has 2 heterocycles. The molecule has 1 aliphatic heterocycles. The molecule has 2 aromatic rings. The van der Waals surface area contributed by atoms with Gasteiger partial charge in [0.2, 0.25) is 18.1 Å². The summed E-state index contributed by atoms with van der Waals surface area (Å²) in [7, 11) is 0. The average molecular weight is 650 g/mol. The lowest BCUT2D eigenvalue weighted by Gasteiger charge is -2.39. The number of Topliss-reactive ketones (excluding diaryl/α,β-unsaturated/α-hetero) is 1. The number of hydrogen-bond acceptors (Lipinski definition) is 11. The van der Waals surface area contributed by atoms with Gasteiger partial charge in [-0.3, -0.25) is 14.7 Å². The molecular formula is C33H51N3O10. The van der Waals surface area contributed by atoms with Gasteiger partial charge in [0.25, 0.3) is 0 Å². The summed E-state index contributed by atoms with van der Waals surface area (Å²) in [5.41, 5.74) is 8.23. The van der Waals surface area contributed by atoms with Crippen molar-refractivity contribution in [3.8, 4) is 11.6 Å². The number of benzene rings is 1. The number of nitrogens with zero attached hydrogens (tertiary/aromatic N) is 1. The SMILES string of the molecule is Cc1cc(OCCCCCC(C)(C)C(=O)C[C@@H](CO)C(N)=O)ccc1Cc1c(O[C@@H]2O[C@H](CO)[C@@H](O)[C@H](O)[C@H]2O)n[nH]c1C(C)C. The maximum absolute atomic E-state index is 12.6. The van der Waals surface area contributed by atoms with Crippen molar-refractivity contribution in [1.29, 1.82) is 0 Å². The first-order valence-corrected chi connectivity index (χ1v) is 15.9. The number of rotatable bonds is 18. The topological polar surface area (TPSA) is 218 Å². The van der Waals surface area contributed by atoms with Crippen LogP contribution >= 0.6 is 0 Å². The first-order chi connectivity index (χ1) is 21.7. The fourth-order valence-electron chi connectivity index (χ4n) is 5.46. The molecule has 8 N–H and O–H groups in total. The zero-order chi connectivity index (χ0) is 34.2. The minimum Gasteiger partial charge on any atom is -0.494 e. The Kier molecular flexibility index (Phi) is 13.5. The molecule has 0 bridgehead atoms. The summed E-state index contributed by atoms with van der Waals surface area (Å²) < 4.78 is 17.4. The molecule has 0 aliphatic carbocycles. The first-order valence-electron chi connectivity index (χ1n) is 15.9. The normalized spacial score (nSPS) is 22.5. The maximum Gasteiger partial charge on any atom is 0.238 e. The second kappa shape index (κ2) is 16.7. The number of nitrogens with two attached hydrogens (primary N) is 1. The van der Waals surface area contributed by atoms with Crippen LogP contribution in [0.3, 0.4) is 0 Å². The molecule has 6 atom stereocenters. The molecule has 1 fully saturated rings. The molecule has 1 amide bonds. The molecule has 13 heteroatoms. The standard InChI is InChI=1S/C33H51N3O10/c1-18(2)26-23(31(36-35-26)46-32-29(42)28(41)27(40)24(17-38)45-32)14-20-9-10-22(13-19(20)3)44-12-8-6-7-11-33(4,5)25(39)15-21(16-37)30(34)43/h9-10,13,18,21,24,27-29,32,37-38,40-42H,6-8,11-12,14-17H2,1-5H3,(H2,34,43)(H,35,36)/t21-,24+,27+,28-,29+,32-/m0/s1. The van der Waals surface area contributed by atoms with E-state index in [0.29, 0.717) is 19.4 Å². The molecule has 46 heavy (non-hydrogen) atoms. The van der Waals surface area contributed by atoms with Crippen molar-refractivity contribution in [1.82, 2.24) is 10.2 Å². The van der Waals surface area contributed by atoms with Crippen LogP contribution < -0.4 is 15.2 Å². The number of primary amides is 1. The Morgan fingerprint density at radius 3 is 2.41 bits per heavy atom. The van der Waals surface area contributed by atoms with Gasteiger partial charge in [0.15, 0.2) is 0 Å². The number of aliphatic hydroxyl groups is 5. The van der Waals surface area contributed by atoms with Gasteiger partial charge in [0, 0.05) is 29.5 Å². The Hall–Kier alpha value is -3.07. The Labute approximate surface area is 270 Å². The quantitative estimate of drug-likeness (QED) is 0.115. The van der Waals surface area contributed by atoms with Gasteiger partial charge in [-0.25, -0.2) is 0 Å². The summed E-state index contributed by atoms with van der Waals surface area (Å²) in [6, 6.07) is 5.83. The third kappa shape index (κ3) is 9.49. The highest BCUT2D eigenvalue weighted by atomic mass is 16.7. The zero-order valence-electron chi connectivity index (χ0n) is 27.4. The summed E-state index contributed by atoms with van der Waals surface area (Å²) in [6.45, 7) is 9.22. The number of aliphatic hydroxyl groups excluding tert-OH is 5. The van der Waals surface area contributed by atoms with Gasteiger partial charge in [-0.1, -0.05) is 46.6 Å². The number of unbranched alkanes of at least 4 members (excludes halogenated alkanes) is 2. The number of H-pyrrole nitrogens is 1. The van der Waals surface area contributed by atoms with E-state index < -0.39 is 61.2 Å². The number of amides is 1. The lowest BCUT2D eigenvalue weighted by molar-refractivity contribution is -0.278. The third-order valence-corrected chi connectivity index (χ3v) is 8.72.